The van der Waals surface area contributed by atoms with Gasteiger partial charge in [-0.25, -0.2) is 4.58 Å². The Balaban J connectivity index is 2.55. The van der Waals surface area contributed by atoms with E-state index in [0.29, 0.717) is 0 Å². The highest BCUT2D eigenvalue weighted by Crippen LogP contribution is 2.06. The molecule has 0 saturated carbocycles. The number of nitrogens with zero attached hydrogens (tertiary/aromatic N) is 1. The van der Waals surface area contributed by atoms with Gasteiger partial charge in [0.1, 0.15) is 13.1 Å². The third-order valence-corrected chi connectivity index (χ3v) is 2.70. The maximum atomic E-state index is 2.46. The van der Waals surface area contributed by atoms with E-state index < -0.39 is 0 Å². The van der Waals surface area contributed by atoms with Crippen molar-refractivity contribution in [1.29, 1.82) is 0 Å². The number of hydrogen-bond acceptors (Lipinski definition) is 1. The van der Waals surface area contributed by atoms with Crippen LogP contribution in [0.4, 0.5) is 0 Å². The highest BCUT2D eigenvalue weighted by Gasteiger charge is 2.14. The Bertz CT molecular complexity index is 121. The molecule has 0 bridgehead atoms. The standard InChI is InChI=1S/C7H14NS/c1-7(9-2)8-5-3-4-6-8/h3-6H2,1-2H3/q+1. The predicted octanol–water partition coefficient (Wildman–Crippen LogP) is 1.57. The summed E-state index contributed by atoms with van der Waals surface area (Å²) in [4.78, 5) is 0. The summed E-state index contributed by atoms with van der Waals surface area (Å²) < 4.78 is 2.46. The van der Waals surface area contributed by atoms with Crippen molar-refractivity contribution in [3.8, 4) is 0 Å². The lowest BCUT2D eigenvalue weighted by Crippen LogP contribution is -2.11. The second-order valence-corrected chi connectivity index (χ2v) is 3.42. The van der Waals surface area contributed by atoms with E-state index >= 15 is 0 Å². The summed E-state index contributed by atoms with van der Waals surface area (Å²) in [5.41, 5.74) is 0. The Morgan fingerprint density at radius 1 is 1.33 bits per heavy atom. The molecule has 0 aromatic rings. The fourth-order valence-corrected chi connectivity index (χ4v) is 1.60. The second-order valence-electron chi connectivity index (χ2n) is 2.42. The SMILES string of the molecule is CSC(C)=[N+]1CCCC1. The Kier molecular flexibility index (Phi) is 2.58. The van der Waals surface area contributed by atoms with E-state index in [1.54, 1.807) is 0 Å². The highest BCUT2D eigenvalue weighted by molar-refractivity contribution is 8.13. The molecule has 0 N–H and O–H groups in total. The molecular formula is C7H14NS+. The molecule has 0 aliphatic carbocycles. The van der Waals surface area contributed by atoms with Crippen LogP contribution in [0.2, 0.25) is 0 Å². The summed E-state index contributed by atoms with van der Waals surface area (Å²) >= 11 is 1.86. The Morgan fingerprint density at radius 3 is 2.33 bits per heavy atom. The van der Waals surface area contributed by atoms with E-state index in [9.17, 15) is 0 Å². The molecular weight excluding hydrogens is 130 g/mol. The smallest absolute Gasteiger partial charge is 0.207 e. The second kappa shape index (κ2) is 3.25. The summed E-state index contributed by atoms with van der Waals surface area (Å²) in [6, 6.07) is 0. The van der Waals surface area contributed by atoms with Crippen LogP contribution in [-0.4, -0.2) is 29.0 Å². The Hall–Kier alpha value is 0.0200. The maximum Gasteiger partial charge on any atom is 0.207 e. The van der Waals surface area contributed by atoms with Crippen molar-refractivity contribution in [2.24, 2.45) is 0 Å². The third kappa shape index (κ3) is 1.71. The topological polar surface area (TPSA) is 3.01 Å². The van der Waals surface area contributed by atoms with Gasteiger partial charge in [0.15, 0.2) is 0 Å². The number of rotatable bonds is 0. The summed E-state index contributed by atoms with van der Waals surface area (Å²) in [5.74, 6) is 0. The van der Waals surface area contributed by atoms with Gasteiger partial charge in [0.05, 0.1) is 0 Å². The van der Waals surface area contributed by atoms with Crippen molar-refractivity contribution < 1.29 is 4.58 Å². The lowest BCUT2D eigenvalue weighted by atomic mass is 10.4. The molecule has 1 fully saturated rings. The molecule has 1 saturated heterocycles. The molecule has 0 aromatic carbocycles. The lowest BCUT2D eigenvalue weighted by Gasteiger charge is -1.94. The maximum absolute atomic E-state index is 2.46. The van der Waals surface area contributed by atoms with Crippen molar-refractivity contribution in [3.05, 3.63) is 0 Å². The first-order valence-electron chi connectivity index (χ1n) is 3.47. The van der Waals surface area contributed by atoms with Crippen LogP contribution in [0.15, 0.2) is 0 Å². The summed E-state index contributed by atoms with van der Waals surface area (Å²) in [6.07, 6.45) is 4.92. The van der Waals surface area contributed by atoms with E-state index in [1.165, 1.54) is 31.0 Å². The third-order valence-electron chi connectivity index (χ3n) is 1.85. The normalized spacial score (nSPS) is 18.7. The molecule has 2 heteroatoms. The van der Waals surface area contributed by atoms with Crippen LogP contribution >= 0.6 is 11.8 Å². The van der Waals surface area contributed by atoms with Gasteiger partial charge in [0.25, 0.3) is 0 Å². The summed E-state index contributed by atoms with van der Waals surface area (Å²) in [7, 11) is 0. The zero-order valence-electron chi connectivity index (χ0n) is 6.18. The predicted molar refractivity (Wildman–Crippen MR) is 43.4 cm³/mol. The van der Waals surface area contributed by atoms with Gasteiger partial charge in [-0.3, -0.25) is 0 Å². The van der Waals surface area contributed by atoms with Crippen molar-refractivity contribution in [2.75, 3.05) is 19.3 Å². The number of hydrogen-bond donors (Lipinski definition) is 0. The molecule has 1 aliphatic heterocycles. The van der Waals surface area contributed by atoms with Crippen molar-refractivity contribution in [1.82, 2.24) is 0 Å². The van der Waals surface area contributed by atoms with Crippen LogP contribution in [0.5, 0.6) is 0 Å². The summed E-state index contributed by atoms with van der Waals surface area (Å²) in [5, 5.41) is 1.48. The minimum atomic E-state index is 1.28. The zero-order valence-corrected chi connectivity index (χ0v) is 7.00. The van der Waals surface area contributed by atoms with Crippen molar-refractivity contribution >= 4 is 16.8 Å². The van der Waals surface area contributed by atoms with Crippen LogP contribution in [0.3, 0.4) is 0 Å². The van der Waals surface area contributed by atoms with E-state index in [4.69, 9.17) is 0 Å². The van der Waals surface area contributed by atoms with Crippen LogP contribution in [0, 0.1) is 0 Å². The molecule has 0 aromatic heterocycles. The van der Waals surface area contributed by atoms with Crippen LogP contribution < -0.4 is 0 Å². The molecule has 1 nitrogen and oxygen atoms in total. The van der Waals surface area contributed by atoms with E-state index in [1.807, 2.05) is 11.8 Å². The van der Waals surface area contributed by atoms with Gasteiger partial charge in [0, 0.05) is 19.8 Å². The van der Waals surface area contributed by atoms with Gasteiger partial charge in [-0.05, 0) is 6.26 Å². The fourth-order valence-electron chi connectivity index (χ4n) is 1.16. The van der Waals surface area contributed by atoms with Gasteiger partial charge in [0.2, 0.25) is 5.04 Å². The first-order valence-corrected chi connectivity index (χ1v) is 4.69. The Labute approximate surface area is 61.2 Å². The molecule has 1 aliphatic rings. The van der Waals surface area contributed by atoms with Gasteiger partial charge >= 0.3 is 0 Å². The minimum Gasteiger partial charge on any atom is -0.228 e. The van der Waals surface area contributed by atoms with E-state index in [2.05, 4.69) is 17.8 Å². The monoisotopic (exact) mass is 144 g/mol. The van der Waals surface area contributed by atoms with Crippen molar-refractivity contribution in [2.45, 2.75) is 19.8 Å². The molecule has 0 amide bonds. The van der Waals surface area contributed by atoms with Crippen LogP contribution in [0.1, 0.15) is 19.8 Å². The van der Waals surface area contributed by atoms with Gasteiger partial charge in [-0.15, -0.1) is 0 Å². The zero-order chi connectivity index (χ0) is 6.69. The molecule has 9 heavy (non-hydrogen) atoms. The number of thioether (sulfide) groups is 1. The average Bonchev–Trinajstić information content (AvgIpc) is 2.37. The molecule has 0 unspecified atom stereocenters. The highest BCUT2D eigenvalue weighted by atomic mass is 32.2. The lowest BCUT2D eigenvalue weighted by molar-refractivity contribution is -0.503. The molecule has 52 valence electrons. The van der Waals surface area contributed by atoms with E-state index in [-0.39, 0.29) is 0 Å². The fraction of sp³-hybridized carbons (Fsp3) is 0.857. The van der Waals surface area contributed by atoms with Crippen LogP contribution in [-0.2, 0) is 0 Å². The van der Waals surface area contributed by atoms with E-state index in [0.717, 1.165) is 0 Å². The van der Waals surface area contributed by atoms with Gasteiger partial charge in [-0.1, -0.05) is 11.8 Å². The molecule has 1 heterocycles. The molecule has 1 rings (SSSR count). The van der Waals surface area contributed by atoms with Crippen molar-refractivity contribution in [3.63, 3.8) is 0 Å². The first kappa shape index (κ1) is 7.13. The average molecular weight is 144 g/mol. The minimum absolute atomic E-state index is 1.28. The summed E-state index contributed by atoms with van der Waals surface area (Å²) in [6.45, 7) is 4.77. The van der Waals surface area contributed by atoms with Gasteiger partial charge in [-0.2, -0.15) is 0 Å². The quantitative estimate of drug-likeness (QED) is 0.368. The van der Waals surface area contributed by atoms with Crippen LogP contribution in [0.25, 0.3) is 0 Å². The molecule has 0 atom stereocenters. The molecule has 0 radical (unpaired) electrons. The molecule has 0 spiro atoms. The Morgan fingerprint density at radius 2 is 1.89 bits per heavy atom. The van der Waals surface area contributed by atoms with Gasteiger partial charge < -0.3 is 0 Å². The first-order chi connectivity index (χ1) is 4.34. The largest absolute Gasteiger partial charge is 0.228 e.